The number of phenols is 1. The molecule has 1 amide bonds. The molecule has 0 radical (unpaired) electrons. The molecule has 4 rings (SSSR count). The van der Waals surface area contributed by atoms with Gasteiger partial charge in [-0.2, -0.15) is 0 Å². The number of ketones is 2. The van der Waals surface area contributed by atoms with Crippen molar-refractivity contribution in [3.63, 3.8) is 0 Å². The third-order valence-corrected chi connectivity index (χ3v) is 8.78. The predicted octanol–water partition coefficient (Wildman–Crippen LogP) is 3.29. The van der Waals surface area contributed by atoms with E-state index in [4.69, 9.17) is 5.73 Å². The van der Waals surface area contributed by atoms with E-state index in [1.54, 1.807) is 14.1 Å². The quantitative estimate of drug-likeness (QED) is 0.321. The molecule has 0 saturated heterocycles. The number of primary amides is 1. The smallest absolute Gasteiger partial charge is 0.255 e. The van der Waals surface area contributed by atoms with Crippen LogP contribution in [-0.2, 0) is 33.6 Å². The summed E-state index contributed by atoms with van der Waals surface area (Å²) in [6.07, 6.45) is 4.33. The van der Waals surface area contributed by atoms with E-state index in [1.165, 1.54) is 4.90 Å². The molecule has 0 aromatic heterocycles. The van der Waals surface area contributed by atoms with Crippen LogP contribution in [0.1, 0.15) is 75.6 Å². The number of nitrogens with zero attached hydrogens (tertiary/aromatic N) is 1. The molecule has 9 heteroatoms. The zero-order chi connectivity index (χ0) is 29.9. The van der Waals surface area contributed by atoms with Crippen molar-refractivity contribution in [2.45, 2.75) is 84.3 Å². The number of hydrogen-bond donors (Lipinski definition) is 5. The molecule has 1 fully saturated rings. The molecule has 40 heavy (non-hydrogen) atoms. The monoisotopic (exact) mass is 554 g/mol. The number of hydrogen-bond acceptors (Lipinski definition) is 8. The molecule has 1 aromatic rings. The van der Waals surface area contributed by atoms with Crippen molar-refractivity contribution in [3.8, 4) is 5.75 Å². The number of nitrogens with two attached hydrogens (primary N) is 1. The highest BCUT2D eigenvalue weighted by atomic mass is 16.3. The van der Waals surface area contributed by atoms with Gasteiger partial charge in [-0.05, 0) is 80.6 Å². The molecule has 3 aliphatic rings. The first-order chi connectivity index (χ1) is 18.6. The van der Waals surface area contributed by atoms with Crippen LogP contribution in [0.2, 0.25) is 0 Å². The molecule has 0 bridgehead atoms. The van der Waals surface area contributed by atoms with Gasteiger partial charge in [0.25, 0.3) is 5.91 Å². The molecule has 0 aliphatic heterocycles. The zero-order valence-electron chi connectivity index (χ0n) is 24.3. The molecule has 9 nitrogen and oxygen atoms in total. The number of Topliss-reactive ketones (excluding diaryl/α,β-unsaturated/α-hetero) is 2. The third kappa shape index (κ3) is 4.63. The number of fused-ring (bicyclic) bond motifs is 3. The van der Waals surface area contributed by atoms with Crippen molar-refractivity contribution in [1.29, 1.82) is 0 Å². The molecule has 0 heterocycles. The standard InChI is InChI=1S/C31H42N2O7/c1-7-9-15-12-16(10-8-11-30(2,3)4)24(34)21-18(15)13-17-14-19-23(33(5)6)26(36)22(29(32)39)28(38)31(19,40)27(37)20(17)25(21)35/h12,17,19,23,34-35,38,40H,7-11,13-14H2,1-6H3,(H2,32,39)/t17-,19-,23-,31-/m0/s1. The fraction of sp³-hybridized carbons (Fsp3) is 0.581. The number of amides is 1. The van der Waals surface area contributed by atoms with E-state index in [0.717, 1.165) is 36.8 Å². The van der Waals surface area contributed by atoms with Crippen molar-refractivity contribution in [2.24, 2.45) is 23.0 Å². The van der Waals surface area contributed by atoms with Crippen LogP contribution in [0.5, 0.6) is 5.75 Å². The van der Waals surface area contributed by atoms with Gasteiger partial charge in [-0.1, -0.05) is 40.2 Å². The van der Waals surface area contributed by atoms with E-state index in [1.807, 2.05) is 13.0 Å². The molecule has 1 aromatic carbocycles. The number of rotatable bonds is 7. The van der Waals surface area contributed by atoms with Gasteiger partial charge < -0.3 is 26.2 Å². The maximum absolute atomic E-state index is 14.1. The fourth-order valence-corrected chi connectivity index (χ4v) is 6.94. The highest BCUT2D eigenvalue weighted by Gasteiger charge is 2.64. The van der Waals surface area contributed by atoms with E-state index < -0.39 is 58.0 Å². The maximum atomic E-state index is 14.1. The summed E-state index contributed by atoms with van der Waals surface area (Å²) in [7, 11) is 3.18. The zero-order valence-corrected chi connectivity index (χ0v) is 24.3. The van der Waals surface area contributed by atoms with Crippen LogP contribution in [0.4, 0.5) is 0 Å². The topological polar surface area (TPSA) is 161 Å². The van der Waals surface area contributed by atoms with E-state index in [0.29, 0.717) is 18.4 Å². The van der Waals surface area contributed by atoms with E-state index in [9.17, 15) is 34.8 Å². The van der Waals surface area contributed by atoms with Crippen LogP contribution in [0.3, 0.4) is 0 Å². The van der Waals surface area contributed by atoms with Crippen molar-refractivity contribution in [2.75, 3.05) is 14.1 Å². The Bertz CT molecular complexity index is 1330. The Balaban J connectivity index is 1.90. The number of carbonyl (C=O) groups is 3. The van der Waals surface area contributed by atoms with Crippen molar-refractivity contribution in [1.82, 2.24) is 4.90 Å². The second-order valence-corrected chi connectivity index (χ2v) is 13.0. The van der Waals surface area contributed by atoms with Gasteiger partial charge >= 0.3 is 0 Å². The van der Waals surface area contributed by atoms with Gasteiger partial charge in [-0.15, -0.1) is 0 Å². The molecule has 3 aliphatic carbocycles. The number of aliphatic hydroxyl groups excluding tert-OH is 2. The minimum Gasteiger partial charge on any atom is -0.508 e. The lowest BCUT2D eigenvalue weighted by Gasteiger charge is -2.50. The van der Waals surface area contributed by atoms with Gasteiger partial charge in [-0.25, -0.2) is 0 Å². The molecule has 218 valence electrons. The van der Waals surface area contributed by atoms with Gasteiger partial charge in [0.15, 0.2) is 11.4 Å². The highest BCUT2D eigenvalue weighted by Crippen LogP contribution is 2.53. The van der Waals surface area contributed by atoms with Gasteiger partial charge in [0, 0.05) is 11.5 Å². The lowest BCUT2D eigenvalue weighted by molar-refractivity contribution is -0.153. The van der Waals surface area contributed by atoms with Gasteiger partial charge in [0.1, 0.15) is 22.8 Å². The molecule has 0 spiro atoms. The van der Waals surface area contributed by atoms with Gasteiger partial charge in [0.2, 0.25) is 5.78 Å². The summed E-state index contributed by atoms with van der Waals surface area (Å²) in [5.41, 5.74) is 4.58. The van der Waals surface area contributed by atoms with E-state index in [-0.39, 0.29) is 28.7 Å². The van der Waals surface area contributed by atoms with Gasteiger partial charge in [-0.3, -0.25) is 19.3 Å². The Hall–Kier alpha value is -3.17. The number of likely N-dealkylation sites (N-methyl/N-ethyl adjacent to an activating group) is 1. The Morgan fingerprint density at radius 2 is 1.77 bits per heavy atom. The Labute approximate surface area is 235 Å². The largest absolute Gasteiger partial charge is 0.508 e. The van der Waals surface area contributed by atoms with Crippen LogP contribution in [0.15, 0.2) is 23.0 Å². The molecular formula is C31H42N2O7. The molecular weight excluding hydrogens is 512 g/mol. The lowest BCUT2D eigenvalue weighted by Crippen LogP contribution is -2.65. The van der Waals surface area contributed by atoms with Gasteiger partial charge in [0.05, 0.1) is 11.6 Å². The summed E-state index contributed by atoms with van der Waals surface area (Å²) in [5.74, 6) is -6.21. The Morgan fingerprint density at radius 3 is 2.33 bits per heavy atom. The van der Waals surface area contributed by atoms with E-state index in [2.05, 4.69) is 20.8 Å². The van der Waals surface area contributed by atoms with Crippen LogP contribution in [0, 0.1) is 17.3 Å². The number of aryl methyl sites for hydroxylation is 2. The average Bonchev–Trinajstić information content (AvgIpc) is 2.83. The number of phenolic OH excluding ortho intramolecular Hbond substituents is 1. The first-order valence-electron chi connectivity index (χ1n) is 14.1. The second-order valence-electron chi connectivity index (χ2n) is 13.0. The van der Waals surface area contributed by atoms with Crippen LogP contribution >= 0.6 is 0 Å². The van der Waals surface area contributed by atoms with Crippen LogP contribution in [0.25, 0.3) is 5.76 Å². The summed E-state index contributed by atoms with van der Waals surface area (Å²) < 4.78 is 0. The van der Waals surface area contributed by atoms with Crippen LogP contribution < -0.4 is 5.73 Å². The predicted molar refractivity (Wildman–Crippen MR) is 151 cm³/mol. The SMILES string of the molecule is CCCc1cc(CCCC(C)(C)C)c(O)c2c1C[C@H]1C[C@H]3[C@H](N(C)C)C(=O)C(C(N)=O)=C(O)[C@@]3(O)C(=O)C1=C2O. The fourth-order valence-electron chi connectivity index (χ4n) is 6.94. The van der Waals surface area contributed by atoms with E-state index >= 15 is 0 Å². The molecule has 1 saturated carbocycles. The highest BCUT2D eigenvalue weighted by molar-refractivity contribution is 6.24. The number of aromatic hydroxyl groups is 1. The first-order valence-corrected chi connectivity index (χ1v) is 14.1. The Kier molecular flexibility index (Phi) is 7.71. The Morgan fingerprint density at radius 1 is 1.12 bits per heavy atom. The minimum atomic E-state index is -2.63. The molecule has 4 atom stereocenters. The first kappa shape index (κ1) is 29.8. The van der Waals surface area contributed by atoms with Crippen LogP contribution in [-0.4, -0.2) is 68.5 Å². The summed E-state index contributed by atoms with van der Waals surface area (Å²) in [6.45, 7) is 8.50. The maximum Gasteiger partial charge on any atom is 0.255 e. The van der Waals surface area contributed by atoms with Crippen molar-refractivity contribution >= 4 is 23.2 Å². The molecule has 0 unspecified atom stereocenters. The number of carbonyl (C=O) groups excluding carboxylic acids is 3. The van der Waals surface area contributed by atoms with Crippen molar-refractivity contribution < 1.29 is 34.8 Å². The summed E-state index contributed by atoms with van der Waals surface area (Å²) in [5, 5.41) is 45.8. The van der Waals surface area contributed by atoms with Crippen molar-refractivity contribution in [3.05, 3.63) is 45.2 Å². The lowest BCUT2D eigenvalue weighted by atomic mass is 9.57. The number of aliphatic hydroxyl groups is 3. The minimum absolute atomic E-state index is 0.0864. The number of benzene rings is 1. The summed E-state index contributed by atoms with van der Waals surface area (Å²) >= 11 is 0. The molecule has 6 N–H and O–H groups in total. The average molecular weight is 555 g/mol. The summed E-state index contributed by atoms with van der Waals surface area (Å²) in [6, 6.07) is 0.909. The second kappa shape index (κ2) is 10.3. The normalized spacial score (nSPS) is 26.6. The third-order valence-electron chi connectivity index (χ3n) is 8.78. The summed E-state index contributed by atoms with van der Waals surface area (Å²) in [4.78, 5) is 40.9.